The number of aliphatic hydroxyl groups is 2. The summed E-state index contributed by atoms with van der Waals surface area (Å²) in [6.45, 7) is 6.60. The molecule has 3 heterocycles. The van der Waals surface area contributed by atoms with Crippen molar-refractivity contribution in [1.29, 1.82) is 0 Å². The van der Waals surface area contributed by atoms with Crippen molar-refractivity contribution < 1.29 is 33.9 Å². The Balaban J connectivity index is 1.97. The van der Waals surface area contributed by atoms with Crippen LogP contribution in [0, 0.1) is 11.1 Å². The number of quaternary nitrogens is 1. The van der Waals surface area contributed by atoms with Gasteiger partial charge in [0.25, 0.3) is 0 Å². The fourth-order valence-electron chi connectivity index (χ4n) is 4.19. The standard InChI is InChI=1S/C18H25NO7/c1-4-11-7-10(2)18(3,23)17(22)25-9-12-13(20)8-19(24)6-5-14(15(12)19)26-16(11)21/h4,12-15,20,23H,2,5-9H2,1,3H3. The number of cyclic esters (lactones) is 1. The molecule has 0 saturated carbocycles. The fourth-order valence-corrected chi connectivity index (χ4v) is 4.19. The van der Waals surface area contributed by atoms with Crippen molar-refractivity contribution in [3.8, 4) is 0 Å². The van der Waals surface area contributed by atoms with Gasteiger partial charge in [-0.25, -0.2) is 9.59 Å². The van der Waals surface area contributed by atoms with Crippen LogP contribution in [0.15, 0.2) is 23.8 Å². The molecule has 3 aliphatic heterocycles. The molecular weight excluding hydrogens is 342 g/mol. The van der Waals surface area contributed by atoms with Gasteiger partial charge in [-0.15, -0.1) is 0 Å². The largest absolute Gasteiger partial charge is 0.632 e. The Labute approximate surface area is 151 Å². The SMILES string of the molecule is C=C1CC(=CC)C(=O)OC2CC[N+]3([O-])CC(O)C(COC(=O)C1(C)O)C23. The number of hydrogen-bond donors (Lipinski definition) is 2. The molecule has 3 rings (SSSR count). The zero-order valence-electron chi connectivity index (χ0n) is 15.0. The molecule has 0 aliphatic carbocycles. The lowest BCUT2D eigenvalue weighted by Gasteiger charge is -2.40. The molecule has 8 heteroatoms. The van der Waals surface area contributed by atoms with Gasteiger partial charge in [-0.1, -0.05) is 12.7 Å². The zero-order valence-corrected chi connectivity index (χ0v) is 15.0. The van der Waals surface area contributed by atoms with Crippen molar-refractivity contribution in [2.24, 2.45) is 5.92 Å². The lowest BCUT2D eigenvalue weighted by molar-refractivity contribution is -0.884. The van der Waals surface area contributed by atoms with E-state index in [1.54, 1.807) is 6.92 Å². The van der Waals surface area contributed by atoms with E-state index in [1.165, 1.54) is 13.0 Å². The van der Waals surface area contributed by atoms with Crippen LogP contribution in [0.4, 0.5) is 0 Å². The predicted octanol–water partition coefficient (Wildman–Crippen LogP) is 0.176. The van der Waals surface area contributed by atoms with Gasteiger partial charge < -0.3 is 29.5 Å². The number of allylic oxidation sites excluding steroid dienone is 1. The van der Waals surface area contributed by atoms with Crippen LogP contribution in [0.25, 0.3) is 0 Å². The number of carbonyl (C=O) groups is 2. The lowest BCUT2D eigenvalue weighted by atomic mass is 9.90. The highest BCUT2D eigenvalue weighted by molar-refractivity contribution is 5.90. The maximum absolute atomic E-state index is 13.0. The second-order valence-corrected chi connectivity index (χ2v) is 7.58. The smallest absolute Gasteiger partial charge is 0.342 e. The Kier molecular flexibility index (Phi) is 4.72. The molecule has 0 spiro atoms. The summed E-state index contributed by atoms with van der Waals surface area (Å²) in [5.74, 6) is -2.17. The first-order valence-electron chi connectivity index (χ1n) is 8.80. The number of carbonyl (C=O) groups excluding carboxylic acids is 2. The molecule has 0 aromatic heterocycles. The molecule has 0 aromatic carbocycles. The van der Waals surface area contributed by atoms with Crippen LogP contribution in [0.1, 0.15) is 26.7 Å². The zero-order chi connectivity index (χ0) is 19.3. The average molecular weight is 367 g/mol. The summed E-state index contributed by atoms with van der Waals surface area (Å²) < 4.78 is 10.2. The fraction of sp³-hybridized carbons (Fsp3) is 0.667. The van der Waals surface area contributed by atoms with E-state index in [0.29, 0.717) is 6.42 Å². The molecular formula is C18H25NO7. The molecule has 0 amide bonds. The number of hydrogen-bond acceptors (Lipinski definition) is 7. The van der Waals surface area contributed by atoms with Gasteiger partial charge in [-0.2, -0.15) is 0 Å². The summed E-state index contributed by atoms with van der Waals surface area (Å²) in [5.41, 5.74) is -1.64. The third kappa shape index (κ3) is 2.96. The normalized spacial score (nSPS) is 45.6. The highest BCUT2D eigenvalue weighted by Crippen LogP contribution is 2.42. The first-order valence-corrected chi connectivity index (χ1v) is 8.80. The maximum atomic E-state index is 13.0. The summed E-state index contributed by atoms with van der Waals surface area (Å²) in [4.78, 5) is 24.9. The Bertz CT molecular complexity index is 670. The number of ether oxygens (including phenoxy) is 2. The first kappa shape index (κ1) is 19.0. The van der Waals surface area contributed by atoms with Gasteiger partial charge in [0.1, 0.15) is 25.3 Å². The van der Waals surface area contributed by atoms with E-state index in [4.69, 9.17) is 9.47 Å². The maximum Gasteiger partial charge on any atom is 0.342 e. The molecule has 144 valence electrons. The summed E-state index contributed by atoms with van der Waals surface area (Å²) >= 11 is 0. The summed E-state index contributed by atoms with van der Waals surface area (Å²) in [5, 5.41) is 33.8. The van der Waals surface area contributed by atoms with Gasteiger partial charge in [-0.3, -0.25) is 0 Å². The van der Waals surface area contributed by atoms with E-state index in [0.717, 1.165) is 0 Å². The number of aliphatic hydroxyl groups excluding tert-OH is 1. The molecule has 3 saturated heterocycles. The number of esters is 2. The minimum Gasteiger partial charge on any atom is -0.632 e. The summed E-state index contributed by atoms with van der Waals surface area (Å²) in [7, 11) is 0. The van der Waals surface area contributed by atoms with Gasteiger partial charge in [-0.05, 0) is 19.4 Å². The number of nitrogens with zero attached hydrogens (tertiary/aromatic N) is 1. The Hall–Kier alpha value is -1.74. The second kappa shape index (κ2) is 6.45. The van der Waals surface area contributed by atoms with E-state index in [9.17, 15) is 25.0 Å². The third-order valence-corrected chi connectivity index (χ3v) is 5.91. The van der Waals surface area contributed by atoms with Gasteiger partial charge in [0.2, 0.25) is 0 Å². The average Bonchev–Trinajstić information content (AvgIpc) is 3.00. The van der Waals surface area contributed by atoms with E-state index in [2.05, 4.69) is 6.58 Å². The monoisotopic (exact) mass is 367 g/mol. The van der Waals surface area contributed by atoms with Gasteiger partial charge in [0.05, 0.1) is 12.5 Å². The topological polar surface area (TPSA) is 116 Å². The van der Waals surface area contributed by atoms with Crippen LogP contribution in [0.2, 0.25) is 0 Å². The summed E-state index contributed by atoms with van der Waals surface area (Å²) in [6.07, 6.45) is 0.272. The Morgan fingerprint density at radius 3 is 2.77 bits per heavy atom. The highest BCUT2D eigenvalue weighted by Gasteiger charge is 2.58. The van der Waals surface area contributed by atoms with Crippen molar-refractivity contribution in [1.82, 2.24) is 0 Å². The van der Waals surface area contributed by atoms with E-state index in [1.807, 2.05) is 0 Å². The second-order valence-electron chi connectivity index (χ2n) is 7.58. The molecule has 8 nitrogen and oxygen atoms in total. The molecule has 3 fully saturated rings. The third-order valence-electron chi connectivity index (χ3n) is 5.91. The van der Waals surface area contributed by atoms with Crippen molar-refractivity contribution in [3.05, 3.63) is 29.0 Å². The molecule has 0 aromatic rings. The quantitative estimate of drug-likeness (QED) is 0.206. The van der Waals surface area contributed by atoms with Gasteiger partial charge >= 0.3 is 11.9 Å². The Morgan fingerprint density at radius 2 is 2.12 bits per heavy atom. The summed E-state index contributed by atoms with van der Waals surface area (Å²) in [6, 6.07) is -0.688. The molecule has 2 N–H and O–H groups in total. The van der Waals surface area contributed by atoms with Crippen molar-refractivity contribution in [3.63, 3.8) is 0 Å². The van der Waals surface area contributed by atoms with Gasteiger partial charge in [0.15, 0.2) is 11.7 Å². The van der Waals surface area contributed by atoms with Crippen LogP contribution in [0.3, 0.4) is 0 Å². The number of hydroxylamine groups is 3. The lowest BCUT2D eigenvalue weighted by Crippen LogP contribution is -2.49. The van der Waals surface area contributed by atoms with Crippen LogP contribution in [-0.2, 0) is 19.1 Å². The van der Waals surface area contributed by atoms with Crippen LogP contribution < -0.4 is 0 Å². The van der Waals surface area contributed by atoms with E-state index >= 15 is 0 Å². The van der Waals surface area contributed by atoms with Gasteiger partial charge in [0, 0.05) is 18.4 Å². The van der Waals surface area contributed by atoms with E-state index < -0.39 is 46.4 Å². The Morgan fingerprint density at radius 1 is 1.42 bits per heavy atom. The minimum absolute atomic E-state index is 0.0273. The predicted molar refractivity (Wildman–Crippen MR) is 90.2 cm³/mol. The van der Waals surface area contributed by atoms with Crippen LogP contribution in [-0.4, -0.2) is 70.3 Å². The van der Waals surface area contributed by atoms with Crippen molar-refractivity contribution in [2.75, 3.05) is 19.7 Å². The van der Waals surface area contributed by atoms with Crippen molar-refractivity contribution in [2.45, 2.75) is 50.5 Å². The molecule has 6 unspecified atom stereocenters. The van der Waals surface area contributed by atoms with Crippen LogP contribution >= 0.6 is 0 Å². The van der Waals surface area contributed by atoms with E-state index in [-0.39, 0.29) is 37.3 Å². The minimum atomic E-state index is -1.99. The molecule has 0 radical (unpaired) electrons. The van der Waals surface area contributed by atoms with Crippen LogP contribution in [0.5, 0.6) is 0 Å². The molecule has 3 aliphatic rings. The van der Waals surface area contributed by atoms with Crippen molar-refractivity contribution >= 4 is 11.9 Å². The molecule has 26 heavy (non-hydrogen) atoms. The number of rotatable bonds is 0. The molecule has 6 atom stereocenters. The highest BCUT2D eigenvalue weighted by atomic mass is 16.6. The first-order chi connectivity index (χ1) is 12.1. The molecule has 0 bridgehead atoms.